The van der Waals surface area contributed by atoms with Crippen LogP contribution in [0.25, 0.3) is 11.0 Å². The first-order chi connectivity index (χ1) is 15.2. The Kier molecular flexibility index (Phi) is 7.81. The van der Waals surface area contributed by atoms with Gasteiger partial charge >= 0.3 is 0 Å². The average Bonchev–Trinajstić information content (AvgIpc) is 3.05. The number of nitrogens with zero attached hydrogens (tertiary/aromatic N) is 2. The molecule has 1 aromatic heterocycles. The first-order valence-electron chi connectivity index (χ1n) is 10.6. The van der Waals surface area contributed by atoms with Gasteiger partial charge in [-0.15, -0.1) is 0 Å². The number of imidazole rings is 1. The summed E-state index contributed by atoms with van der Waals surface area (Å²) in [5.74, 6) is -2.17. The summed E-state index contributed by atoms with van der Waals surface area (Å²) in [7, 11) is 1.52. The number of alkyl halides is 2. The fourth-order valence-electron chi connectivity index (χ4n) is 3.89. The largest absolute Gasteiger partial charge is 0.484 e. The summed E-state index contributed by atoms with van der Waals surface area (Å²) in [6.45, 7) is 2.74. The molecule has 0 spiro atoms. The topological polar surface area (TPSA) is 77.4 Å². The van der Waals surface area contributed by atoms with Crippen molar-refractivity contribution < 1.29 is 31.8 Å². The van der Waals surface area contributed by atoms with Gasteiger partial charge in [-0.25, -0.2) is 22.5 Å². The highest BCUT2D eigenvalue weighted by Gasteiger charge is 2.26. The number of aromatic nitrogens is 2. The van der Waals surface area contributed by atoms with Gasteiger partial charge in [0.15, 0.2) is 17.4 Å². The number of rotatable bonds is 9. The van der Waals surface area contributed by atoms with Gasteiger partial charge in [-0.2, -0.15) is 0 Å². The summed E-state index contributed by atoms with van der Waals surface area (Å²) in [5, 5.41) is 5.99. The Labute approximate surface area is 183 Å². The lowest BCUT2D eigenvalue weighted by Gasteiger charge is -2.30. The van der Waals surface area contributed by atoms with Crippen molar-refractivity contribution >= 4 is 22.9 Å². The van der Waals surface area contributed by atoms with E-state index in [-0.39, 0.29) is 41.1 Å². The molecule has 1 fully saturated rings. The second kappa shape index (κ2) is 10.4. The predicted octanol–water partition coefficient (Wildman–Crippen LogP) is 3.76. The van der Waals surface area contributed by atoms with Gasteiger partial charge in [-0.3, -0.25) is 4.79 Å². The molecular formula is C21H28F4N4O3. The molecule has 0 saturated heterocycles. The Morgan fingerprint density at radius 1 is 1.25 bits per heavy atom. The molecule has 1 amide bonds. The normalized spacial score (nSPS) is 19.9. The van der Waals surface area contributed by atoms with Crippen LogP contribution in [0.3, 0.4) is 0 Å². The number of carbonyl (C=O) groups is 1. The fourth-order valence-corrected chi connectivity index (χ4v) is 3.89. The molecule has 0 radical (unpaired) electrons. The first kappa shape index (κ1) is 24.1. The number of fused-ring (bicyclic) bond motifs is 1. The minimum Gasteiger partial charge on any atom is -0.484 e. The second-order valence-electron chi connectivity index (χ2n) is 8.12. The molecule has 7 nitrogen and oxygen atoms in total. The molecule has 1 aliphatic rings. The van der Waals surface area contributed by atoms with Crippen molar-refractivity contribution in [3.63, 3.8) is 0 Å². The summed E-state index contributed by atoms with van der Waals surface area (Å²) in [4.78, 5) is 15.2. The molecule has 32 heavy (non-hydrogen) atoms. The SMILES string of the molecule is CC(=O)N[C@@H](C)CO[C@H]1CC[C@H](Nc2nc3c(F)cc(OCC(F)F)c(F)c3n2C)CC1. The number of benzene rings is 1. The van der Waals surface area contributed by atoms with E-state index in [0.29, 0.717) is 6.61 Å². The predicted molar refractivity (Wildman–Crippen MR) is 111 cm³/mol. The number of ether oxygens (including phenoxy) is 2. The molecule has 2 N–H and O–H groups in total. The molecule has 1 aromatic carbocycles. The molecule has 2 aromatic rings. The van der Waals surface area contributed by atoms with Gasteiger partial charge in [0, 0.05) is 32.1 Å². The third-order valence-corrected chi connectivity index (χ3v) is 5.41. The van der Waals surface area contributed by atoms with E-state index in [1.165, 1.54) is 18.5 Å². The van der Waals surface area contributed by atoms with Crippen LogP contribution in [0.1, 0.15) is 39.5 Å². The molecule has 1 heterocycles. The standard InChI is InChI=1S/C21H28F4N4O3/c1-11(26-12(2)30)9-31-14-6-4-13(5-7-14)27-21-28-19-15(22)8-16(32-10-17(23)24)18(25)20(19)29(21)3/h8,11,13-14,17H,4-7,9-10H2,1-3H3,(H,26,30)(H,27,28)/t11-,13-,14-/m0/s1. The highest BCUT2D eigenvalue weighted by molar-refractivity contribution is 5.81. The van der Waals surface area contributed by atoms with Crippen molar-refractivity contribution in [2.45, 2.75) is 64.1 Å². The van der Waals surface area contributed by atoms with Gasteiger partial charge in [-0.05, 0) is 32.6 Å². The smallest absolute Gasteiger partial charge is 0.272 e. The minimum absolute atomic E-state index is 0.0406. The van der Waals surface area contributed by atoms with Crippen LogP contribution in [0, 0.1) is 11.6 Å². The van der Waals surface area contributed by atoms with Crippen LogP contribution in [0.15, 0.2) is 6.07 Å². The third kappa shape index (κ3) is 5.81. The Morgan fingerprint density at radius 3 is 2.56 bits per heavy atom. The number of aryl methyl sites for hydroxylation is 1. The van der Waals surface area contributed by atoms with Crippen molar-refractivity contribution in [2.24, 2.45) is 7.05 Å². The van der Waals surface area contributed by atoms with Crippen LogP contribution in [0.5, 0.6) is 5.75 Å². The van der Waals surface area contributed by atoms with E-state index in [0.717, 1.165) is 31.7 Å². The molecule has 1 aliphatic carbocycles. The molecular weight excluding hydrogens is 432 g/mol. The van der Waals surface area contributed by atoms with Crippen molar-refractivity contribution in [1.29, 1.82) is 0 Å². The highest BCUT2D eigenvalue weighted by Crippen LogP contribution is 2.32. The lowest BCUT2D eigenvalue weighted by atomic mass is 9.93. The van der Waals surface area contributed by atoms with Crippen molar-refractivity contribution in [1.82, 2.24) is 14.9 Å². The van der Waals surface area contributed by atoms with Crippen molar-refractivity contribution in [3.05, 3.63) is 17.7 Å². The lowest BCUT2D eigenvalue weighted by molar-refractivity contribution is -0.120. The van der Waals surface area contributed by atoms with Crippen LogP contribution in [-0.4, -0.2) is 53.3 Å². The molecule has 3 rings (SSSR count). The molecule has 1 atom stereocenters. The van der Waals surface area contributed by atoms with E-state index in [1.54, 1.807) is 0 Å². The summed E-state index contributed by atoms with van der Waals surface area (Å²) < 4.78 is 65.9. The van der Waals surface area contributed by atoms with Gasteiger partial charge in [-0.1, -0.05) is 0 Å². The van der Waals surface area contributed by atoms with Gasteiger partial charge < -0.3 is 24.7 Å². The maximum atomic E-state index is 14.8. The van der Waals surface area contributed by atoms with E-state index in [2.05, 4.69) is 15.6 Å². The van der Waals surface area contributed by atoms with Crippen LogP contribution < -0.4 is 15.4 Å². The second-order valence-corrected chi connectivity index (χ2v) is 8.12. The number of hydrogen-bond donors (Lipinski definition) is 2. The Morgan fingerprint density at radius 2 is 1.94 bits per heavy atom. The zero-order valence-corrected chi connectivity index (χ0v) is 18.3. The maximum absolute atomic E-state index is 14.8. The van der Waals surface area contributed by atoms with Crippen molar-refractivity contribution in [3.8, 4) is 5.75 Å². The van der Waals surface area contributed by atoms with Crippen LogP contribution >= 0.6 is 0 Å². The molecule has 0 aliphatic heterocycles. The third-order valence-electron chi connectivity index (χ3n) is 5.41. The molecule has 1 saturated carbocycles. The van der Waals surface area contributed by atoms with E-state index in [4.69, 9.17) is 9.47 Å². The monoisotopic (exact) mass is 460 g/mol. The number of halogens is 4. The van der Waals surface area contributed by atoms with E-state index >= 15 is 0 Å². The summed E-state index contributed by atoms with van der Waals surface area (Å²) in [6, 6.07) is 0.711. The van der Waals surface area contributed by atoms with Gasteiger partial charge in [0.25, 0.3) is 6.43 Å². The van der Waals surface area contributed by atoms with Crippen LogP contribution in [0.4, 0.5) is 23.5 Å². The zero-order chi connectivity index (χ0) is 23.4. The first-order valence-corrected chi connectivity index (χ1v) is 10.6. The fraction of sp³-hybridized carbons (Fsp3) is 0.619. The Hall–Kier alpha value is -2.56. The lowest BCUT2D eigenvalue weighted by Crippen LogP contribution is -2.37. The van der Waals surface area contributed by atoms with Gasteiger partial charge in [0.05, 0.1) is 12.7 Å². The highest BCUT2D eigenvalue weighted by atomic mass is 19.3. The molecule has 178 valence electrons. The average molecular weight is 460 g/mol. The quantitative estimate of drug-likeness (QED) is 0.558. The number of amides is 1. The van der Waals surface area contributed by atoms with Crippen molar-refractivity contribution in [2.75, 3.05) is 18.5 Å². The summed E-state index contributed by atoms with van der Waals surface area (Å²) in [6.07, 6.45) is 0.413. The number of hydrogen-bond acceptors (Lipinski definition) is 5. The van der Waals surface area contributed by atoms with E-state index < -0.39 is 30.4 Å². The zero-order valence-electron chi connectivity index (χ0n) is 18.3. The van der Waals surface area contributed by atoms with Crippen LogP contribution in [-0.2, 0) is 16.6 Å². The van der Waals surface area contributed by atoms with Gasteiger partial charge in [0.1, 0.15) is 17.6 Å². The van der Waals surface area contributed by atoms with E-state index in [9.17, 15) is 22.4 Å². The molecule has 11 heteroatoms. The number of anilines is 1. The Balaban J connectivity index is 1.62. The summed E-state index contributed by atoms with van der Waals surface area (Å²) in [5.41, 5.74) is -0.346. The van der Waals surface area contributed by atoms with Gasteiger partial charge in [0.2, 0.25) is 11.9 Å². The molecule has 0 bridgehead atoms. The Bertz CT molecular complexity index is 945. The maximum Gasteiger partial charge on any atom is 0.272 e. The molecule has 0 unspecified atom stereocenters. The number of carbonyl (C=O) groups excluding carboxylic acids is 1. The minimum atomic E-state index is -2.80. The van der Waals surface area contributed by atoms with E-state index in [1.807, 2.05) is 6.92 Å². The number of nitrogens with one attached hydrogen (secondary N) is 2. The van der Waals surface area contributed by atoms with Crippen LogP contribution in [0.2, 0.25) is 0 Å². The summed E-state index contributed by atoms with van der Waals surface area (Å²) >= 11 is 0.